The quantitative estimate of drug-likeness (QED) is 0.226. The van der Waals surface area contributed by atoms with Crippen LogP contribution in [-0.2, 0) is 16.6 Å². The Hall–Kier alpha value is -3.98. The monoisotopic (exact) mass is 638 g/mol. The minimum atomic E-state index is -3.50. The molecule has 1 aliphatic heterocycles. The van der Waals surface area contributed by atoms with E-state index in [1.54, 1.807) is 30.7 Å². The first-order valence-corrected chi connectivity index (χ1v) is 17.0. The van der Waals surface area contributed by atoms with E-state index in [-0.39, 0.29) is 11.3 Å². The van der Waals surface area contributed by atoms with E-state index in [0.29, 0.717) is 41.6 Å². The first-order chi connectivity index (χ1) is 21.8. The molecule has 3 aliphatic rings. The number of likely N-dealkylation sites (tertiary alicyclic amines) is 1. The molecule has 0 spiro atoms. The van der Waals surface area contributed by atoms with Gasteiger partial charge in [-0.2, -0.15) is 14.3 Å². The van der Waals surface area contributed by atoms with Crippen LogP contribution < -0.4 is 10.6 Å². The number of pyridine rings is 1. The van der Waals surface area contributed by atoms with Crippen molar-refractivity contribution in [2.24, 2.45) is 5.92 Å². The molecule has 0 amide bonds. The van der Waals surface area contributed by atoms with Crippen LogP contribution in [0.5, 0.6) is 0 Å². The lowest BCUT2D eigenvalue weighted by atomic mass is 9.85. The Bertz CT molecular complexity index is 1740. The summed E-state index contributed by atoms with van der Waals surface area (Å²) in [5, 5.41) is 15.0. The van der Waals surface area contributed by atoms with Gasteiger partial charge in [0.05, 0.1) is 28.9 Å². The first-order valence-electron chi connectivity index (χ1n) is 15.5. The fourth-order valence-electron chi connectivity index (χ4n) is 6.01. The summed E-state index contributed by atoms with van der Waals surface area (Å²) in [6.45, 7) is 3.14. The Balaban J connectivity index is 1.10. The standard InChI is InChI=1S/C30H36F2N10O2S/c31-27(32)19-41-13-9-25(39-41)24-16-34-29(14-26(24)36-22-4-2-20(3-5-22)17-40-11-1-12-40)37-28-8-10-33-30(38-28)21-15-35-42(18-21)45(43,44)23-6-7-23/h8-10,13-16,18,20,22-23,27H,1-7,11-12,17,19H2,(H2,33,34,36,37,38). The van der Waals surface area contributed by atoms with Crippen LogP contribution in [0.1, 0.15) is 44.9 Å². The third-order valence-corrected chi connectivity index (χ3v) is 10.8. The highest BCUT2D eigenvalue weighted by molar-refractivity contribution is 7.90. The molecule has 2 aliphatic carbocycles. The summed E-state index contributed by atoms with van der Waals surface area (Å²) in [5.74, 6) is 2.04. The van der Waals surface area contributed by atoms with Gasteiger partial charge in [0.2, 0.25) is 0 Å². The predicted octanol–water partition coefficient (Wildman–Crippen LogP) is 4.62. The summed E-state index contributed by atoms with van der Waals surface area (Å²) in [6.07, 6.45) is 12.2. The summed E-state index contributed by atoms with van der Waals surface area (Å²) in [5.41, 5.74) is 2.58. The van der Waals surface area contributed by atoms with Crippen LogP contribution >= 0.6 is 0 Å². The summed E-state index contributed by atoms with van der Waals surface area (Å²) in [6, 6.07) is 5.57. The molecule has 238 valence electrons. The molecule has 2 saturated carbocycles. The minimum absolute atomic E-state index is 0.267. The van der Waals surface area contributed by atoms with Gasteiger partial charge in [0.25, 0.3) is 16.4 Å². The molecule has 45 heavy (non-hydrogen) atoms. The van der Waals surface area contributed by atoms with E-state index in [4.69, 9.17) is 0 Å². The maximum absolute atomic E-state index is 13.0. The molecule has 0 bridgehead atoms. The Kier molecular flexibility index (Phi) is 8.21. The van der Waals surface area contributed by atoms with Gasteiger partial charge in [-0.15, -0.1) is 0 Å². The van der Waals surface area contributed by atoms with Gasteiger partial charge in [0.15, 0.2) is 5.82 Å². The van der Waals surface area contributed by atoms with Gasteiger partial charge in [-0.05, 0) is 76.1 Å². The van der Waals surface area contributed by atoms with Gasteiger partial charge in [0.1, 0.15) is 18.2 Å². The second kappa shape index (κ2) is 12.4. The Morgan fingerprint density at radius 1 is 1.00 bits per heavy atom. The fourth-order valence-corrected chi connectivity index (χ4v) is 7.49. The van der Waals surface area contributed by atoms with E-state index in [1.807, 2.05) is 6.07 Å². The van der Waals surface area contributed by atoms with Crippen molar-refractivity contribution < 1.29 is 17.2 Å². The van der Waals surface area contributed by atoms with E-state index in [9.17, 15) is 17.2 Å². The van der Waals surface area contributed by atoms with E-state index in [1.165, 1.54) is 43.1 Å². The van der Waals surface area contributed by atoms with Crippen molar-refractivity contribution in [1.82, 2.24) is 38.8 Å². The topological polar surface area (TPSA) is 136 Å². The number of anilines is 3. The van der Waals surface area contributed by atoms with Crippen molar-refractivity contribution in [3.8, 4) is 22.6 Å². The van der Waals surface area contributed by atoms with E-state index in [2.05, 4.69) is 40.7 Å². The fraction of sp³-hybridized carbons (Fsp3) is 0.500. The van der Waals surface area contributed by atoms with Gasteiger partial charge < -0.3 is 15.5 Å². The molecular weight excluding hydrogens is 602 g/mol. The maximum atomic E-state index is 13.0. The molecule has 2 N–H and O–H groups in total. The second-order valence-corrected chi connectivity index (χ2v) is 14.3. The number of alkyl halides is 2. The zero-order valence-electron chi connectivity index (χ0n) is 24.8. The zero-order chi connectivity index (χ0) is 31.0. The van der Waals surface area contributed by atoms with Crippen molar-refractivity contribution in [2.75, 3.05) is 30.3 Å². The van der Waals surface area contributed by atoms with E-state index in [0.717, 1.165) is 46.9 Å². The van der Waals surface area contributed by atoms with Crippen molar-refractivity contribution >= 4 is 27.3 Å². The highest BCUT2D eigenvalue weighted by Crippen LogP contribution is 2.34. The molecule has 15 heteroatoms. The molecule has 1 saturated heterocycles. The summed E-state index contributed by atoms with van der Waals surface area (Å²) in [4.78, 5) is 16.0. The van der Waals surface area contributed by atoms with Crippen LogP contribution in [0.25, 0.3) is 22.6 Å². The third kappa shape index (κ3) is 6.83. The molecule has 12 nitrogen and oxygen atoms in total. The zero-order valence-corrected chi connectivity index (χ0v) is 25.6. The SMILES string of the molecule is O=S(=O)(C1CC1)n1cc(-c2nccc(Nc3cc(NC4CCC(CN5CCC5)CC4)c(-c4ccn(CC(F)F)n4)cn3)n2)cn1. The van der Waals surface area contributed by atoms with Crippen LogP contribution in [0.3, 0.4) is 0 Å². The van der Waals surface area contributed by atoms with Crippen LogP contribution in [0.15, 0.2) is 49.2 Å². The van der Waals surface area contributed by atoms with Gasteiger partial charge in [0, 0.05) is 48.5 Å². The molecular formula is C30H36F2N10O2S. The van der Waals surface area contributed by atoms with E-state index >= 15 is 0 Å². The van der Waals surface area contributed by atoms with Crippen molar-refractivity contribution in [2.45, 2.75) is 69.2 Å². The molecule has 0 unspecified atom stereocenters. The highest BCUT2D eigenvalue weighted by atomic mass is 32.2. The normalized spacial score (nSPS) is 20.7. The molecule has 0 aromatic carbocycles. The first kappa shape index (κ1) is 29.7. The second-order valence-electron chi connectivity index (χ2n) is 12.2. The number of aromatic nitrogens is 7. The summed E-state index contributed by atoms with van der Waals surface area (Å²) < 4.78 is 53.4. The van der Waals surface area contributed by atoms with Crippen LogP contribution in [0.4, 0.5) is 26.1 Å². The van der Waals surface area contributed by atoms with Crippen molar-refractivity contribution in [3.63, 3.8) is 0 Å². The molecule has 4 aromatic heterocycles. The van der Waals surface area contributed by atoms with Gasteiger partial charge in [-0.1, -0.05) is 0 Å². The number of hydrogen-bond acceptors (Lipinski definition) is 10. The molecule has 0 radical (unpaired) electrons. The lowest BCUT2D eigenvalue weighted by Crippen LogP contribution is -2.41. The largest absolute Gasteiger partial charge is 0.382 e. The Morgan fingerprint density at radius 3 is 2.56 bits per heavy atom. The van der Waals surface area contributed by atoms with Crippen LogP contribution in [-0.4, -0.2) is 84.6 Å². The third-order valence-electron chi connectivity index (χ3n) is 8.75. The highest BCUT2D eigenvalue weighted by Gasteiger charge is 2.37. The predicted molar refractivity (Wildman–Crippen MR) is 166 cm³/mol. The van der Waals surface area contributed by atoms with Gasteiger partial charge >= 0.3 is 0 Å². The average molecular weight is 639 g/mol. The number of rotatable bonds is 12. The molecule has 4 aromatic rings. The van der Waals surface area contributed by atoms with Crippen molar-refractivity contribution in [1.29, 1.82) is 0 Å². The Morgan fingerprint density at radius 2 is 1.82 bits per heavy atom. The Labute approximate surface area is 260 Å². The van der Waals surface area contributed by atoms with E-state index < -0.39 is 23.0 Å². The smallest absolute Gasteiger partial charge is 0.257 e. The molecule has 7 rings (SSSR count). The summed E-state index contributed by atoms with van der Waals surface area (Å²) >= 11 is 0. The van der Waals surface area contributed by atoms with Crippen molar-refractivity contribution in [3.05, 3.63) is 49.2 Å². The maximum Gasteiger partial charge on any atom is 0.257 e. The molecule has 3 fully saturated rings. The average Bonchev–Trinajstić information content (AvgIpc) is 3.57. The number of halogens is 2. The molecule has 5 heterocycles. The summed E-state index contributed by atoms with van der Waals surface area (Å²) in [7, 11) is -3.50. The minimum Gasteiger partial charge on any atom is -0.382 e. The lowest BCUT2D eigenvalue weighted by molar-refractivity contribution is 0.122. The lowest BCUT2D eigenvalue weighted by Gasteiger charge is -2.37. The number of nitrogens with one attached hydrogen (secondary N) is 2. The number of hydrogen-bond donors (Lipinski definition) is 2. The van der Waals surface area contributed by atoms with Crippen LogP contribution in [0, 0.1) is 5.92 Å². The van der Waals surface area contributed by atoms with Crippen LogP contribution in [0.2, 0.25) is 0 Å². The van der Waals surface area contributed by atoms with Gasteiger partial charge in [-0.3, -0.25) is 4.68 Å². The molecule has 0 atom stereocenters. The van der Waals surface area contributed by atoms with Gasteiger partial charge in [-0.25, -0.2) is 32.2 Å². The number of nitrogens with zero attached hydrogens (tertiary/aromatic N) is 8.